The minimum absolute atomic E-state index is 0.114. The number of benzene rings is 1. The number of ether oxygens (including phenoxy) is 2. The van der Waals surface area contributed by atoms with Gasteiger partial charge in [-0.15, -0.1) is 0 Å². The molecule has 0 aliphatic carbocycles. The lowest BCUT2D eigenvalue weighted by Crippen LogP contribution is -2.40. The van der Waals surface area contributed by atoms with Crippen molar-refractivity contribution in [1.29, 1.82) is 0 Å². The van der Waals surface area contributed by atoms with Crippen molar-refractivity contribution in [3.8, 4) is 0 Å². The van der Waals surface area contributed by atoms with Crippen molar-refractivity contribution in [2.24, 2.45) is 0 Å². The maximum absolute atomic E-state index is 12.0. The van der Waals surface area contributed by atoms with Crippen molar-refractivity contribution in [2.75, 3.05) is 26.7 Å². The number of methoxy groups -OCH3 is 1. The van der Waals surface area contributed by atoms with E-state index in [0.29, 0.717) is 18.5 Å². The van der Waals surface area contributed by atoms with Crippen LogP contribution < -0.4 is 16.0 Å². The number of rotatable bonds is 9. The van der Waals surface area contributed by atoms with Crippen molar-refractivity contribution >= 4 is 23.9 Å². The molecule has 0 spiro atoms. The summed E-state index contributed by atoms with van der Waals surface area (Å²) in [5.74, 6) is -0.983. The molecule has 0 fully saturated rings. The lowest BCUT2D eigenvalue weighted by atomic mass is 10.1. The Balaban J connectivity index is 2.30. The smallest absolute Gasteiger partial charge is 0.408 e. The van der Waals surface area contributed by atoms with E-state index in [1.54, 1.807) is 45.0 Å². The lowest BCUT2D eigenvalue weighted by molar-refractivity contribution is -0.140. The number of hydrogen-bond donors (Lipinski definition) is 3. The molecule has 0 saturated heterocycles. The Hall–Kier alpha value is -3.10. The van der Waals surface area contributed by atoms with Crippen molar-refractivity contribution in [2.45, 2.75) is 39.2 Å². The summed E-state index contributed by atoms with van der Waals surface area (Å²) in [4.78, 5) is 46.2. The molecule has 0 aromatic heterocycles. The highest BCUT2D eigenvalue weighted by molar-refractivity contribution is 5.94. The Morgan fingerprint density at radius 2 is 1.59 bits per heavy atom. The van der Waals surface area contributed by atoms with Crippen LogP contribution in [0.15, 0.2) is 24.3 Å². The molecule has 9 nitrogen and oxygen atoms in total. The first-order valence-corrected chi connectivity index (χ1v) is 9.28. The molecular weight excluding hydrogens is 378 g/mol. The number of hydrogen-bond acceptors (Lipinski definition) is 6. The minimum atomic E-state index is -0.645. The fourth-order valence-electron chi connectivity index (χ4n) is 2.18. The number of esters is 1. The Labute approximate surface area is 170 Å². The van der Waals surface area contributed by atoms with Gasteiger partial charge in [-0.05, 0) is 44.9 Å². The van der Waals surface area contributed by atoms with Gasteiger partial charge >= 0.3 is 12.1 Å². The highest BCUT2D eigenvalue weighted by Gasteiger charge is 2.16. The van der Waals surface area contributed by atoms with Crippen LogP contribution in [0.4, 0.5) is 4.79 Å². The van der Waals surface area contributed by atoms with Gasteiger partial charge in [0.1, 0.15) is 5.60 Å². The van der Waals surface area contributed by atoms with E-state index in [2.05, 4.69) is 20.7 Å². The largest absolute Gasteiger partial charge is 0.469 e. The lowest BCUT2D eigenvalue weighted by Gasteiger charge is -2.19. The first kappa shape index (κ1) is 23.9. The van der Waals surface area contributed by atoms with Crippen LogP contribution in [0.5, 0.6) is 0 Å². The Kier molecular flexibility index (Phi) is 9.64. The third-order valence-corrected chi connectivity index (χ3v) is 3.59. The molecule has 0 saturated carbocycles. The number of carbonyl (C=O) groups excluding carboxylic acids is 4. The van der Waals surface area contributed by atoms with Crippen molar-refractivity contribution in [3.63, 3.8) is 0 Å². The van der Waals surface area contributed by atoms with Gasteiger partial charge in [-0.25, -0.2) is 4.79 Å². The zero-order valence-electron chi connectivity index (χ0n) is 17.3. The topological polar surface area (TPSA) is 123 Å². The van der Waals surface area contributed by atoms with Gasteiger partial charge in [0.15, 0.2) is 0 Å². The normalized spacial score (nSPS) is 10.6. The summed E-state index contributed by atoms with van der Waals surface area (Å²) in [5.41, 5.74) is 0.797. The second-order valence-corrected chi connectivity index (χ2v) is 7.23. The van der Waals surface area contributed by atoms with E-state index in [-0.39, 0.29) is 37.3 Å². The van der Waals surface area contributed by atoms with E-state index in [1.165, 1.54) is 7.11 Å². The molecule has 160 valence electrons. The van der Waals surface area contributed by atoms with Gasteiger partial charge in [0, 0.05) is 18.7 Å². The second-order valence-electron chi connectivity index (χ2n) is 7.23. The molecule has 0 heterocycles. The average molecular weight is 407 g/mol. The van der Waals surface area contributed by atoms with E-state index < -0.39 is 11.7 Å². The fourth-order valence-corrected chi connectivity index (χ4v) is 2.18. The van der Waals surface area contributed by atoms with Crippen LogP contribution in [0.3, 0.4) is 0 Å². The Morgan fingerprint density at radius 3 is 2.17 bits per heavy atom. The van der Waals surface area contributed by atoms with E-state index in [0.717, 1.165) is 5.56 Å². The van der Waals surface area contributed by atoms with Gasteiger partial charge in [0.2, 0.25) is 5.91 Å². The molecule has 0 aliphatic rings. The molecule has 0 unspecified atom stereocenters. The van der Waals surface area contributed by atoms with E-state index in [9.17, 15) is 19.2 Å². The van der Waals surface area contributed by atoms with Gasteiger partial charge in [0.05, 0.1) is 20.1 Å². The molecular formula is C20H29N3O6. The monoisotopic (exact) mass is 407 g/mol. The zero-order valence-corrected chi connectivity index (χ0v) is 17.3. The Bertz CT molecular complexity index is 710. The number of alkyl carbamates (subject to hydrolysis) is 1. The summed E-state index contributed by atoms with van der Waals surface area (Å²) in [6.07, 6.45) is 0.0405. The predicted octanol–water partition coefficient (Wildman–Crippen LogP) is 1.16. The molecule has 3 N–H and O–H groups in total. The van der Waals surface area contributed by atoms with E-state index in [1.807, 2.05) is 0 Å². The fraction of sp³-hybridized carbons (Fsp3) is 0.500. The average Bonchev–Trinajstić information content (AvgIpc) is 2.65. The zero-order chi connectivity index (χ0) is 21.9. The second kappa shape index (κ2) is 11.7. The van der Waals surface area contributed by atoms with Gasteiger partial charge < -0.3 is 25.4 Å². The SMILES string of the molecule is COC(=O)CCNC(=O)c1ccc(CCNC(=O)CNC(=O)OC(C)(C)C)cc1. The summed E-state index contributed by atoms with van der Waals surface area (Å²) in [7, 11) is 1.29. The molecule has 0 aliphatic heterocycles. The molecule has 1 rings (SSSR count). The first-order chi connectivity index (χ1) is 13.6. The quantitative estimate of drug-likeness (QED) is 0.528. The van der Waals surface area contributed by atoms with Crippen LogP contribution >= 0.6 is 0 Å². The summed E-state index contributed by atoms with van der Waals surface area (Å²) in [6.45, 7) is 5.65. The standard InChI is InChI=1S/C20H29N3O6/c1-20(2,3)29-19(27)23-13-16(24)21-11-9-14-5-7-15(8-6-14)18(26)22-12-10-17(25)28-4/h5-8H,9-13H2,1-4H3,(H,21,24)(H,22,26)(H,23,27). The van der Waals surface area contributed by atoms with E-state index in [4.69, 9.17) is 4.74 Å². The maximum Gasteiger partial charge on any atom is 0.408 e. The van der Waals surface area contributed by atoms with Crippen molar-refractivity contribution in [1.82, 2.24) is 16.0 Å². The minimum Gasteiger partial charge on any atom is -0.469 e. The highest BCUT2D eigenvalue weighted by Crippen LogP contribution is 2.06. The molecule has 0 bridgehead atoms. The van der Waals surface area contributed by atoms with Crippen LogP contribution in [0.1, 0.15) is 43.1 Å². The molecule has 0 atom stereocenters. The summed E-state index contributed by atoms with van der Waals surface area (Å²) >= 11 is 0. The van der Waals surface area contributed by atoms with Crippen LogP contribution in [0.2, 0.25) is 0 Å². The first-order valence-electron chi connectivity index (χ1n) is 9.28. The van der Waals surface area contributed by atoms with E-state index >= 15 is 0 Å². The maximum atomic E-state index is 12.0. The summed E-state index contributed by atoms with van der Waals surface area (Å²) < 4.78 is 9.56. The number of nitrogens with one attached hydrogen (secondary N) is 3. The number of carbonyl (C=O) groups is 4. The molecule has 9 heteroatoms. The highest BCUT2D eigenvalue weighted by atomic mass is 16.6. The molecule has 3 amide bonds. The van der Waals surface area contributed by atoms with Gasteiger partial charge in [-0.3, -0.25) is 14.4 Å². The van der Waals surface area contributed by atoms with Gasteiger partial charge in [-0.2, -0.15) is 0 Å². The van der Waals surface area contributed by atoms with Crippen LogP contribution in [-0.4, -0.2) is 56.2 Å². The van der Waals surface area contributed by atoms with Crippen LogP contribution in [0.25, 0.3) is 0 Å². The van der Waals surface area contributed by atoms with Crippen molar-refractivity contribution < 1.29 is 28.7 Å². The summed E-state index contributed by atoms with van der Waals surface area (Å²) in [6, 6.07) is 6.93. The van der Waals surface area contributed by atoms with Crippen LogP contribution in [0, 0.1) is 0 Å². The summed E-state index contributed by atoms with van der Waals surface area (Å²) in [5, 5.41) is 7.72. The third-order valence-electron chi connectivity index (χ3n) is 3.59. The van der Waals surface area contributed by atoms with Gasteiger partial charge in [-0.1, -0.05) is 12.1 Å². The molecule has 29 heavy (non-hydrogen) atoms. The van der Waals surface area contributed by atoms with Crippen LogP contribution in [-0.2, 0) is 25.5 Å². The number of amides is 3. The molecule has 0 radical (unpaired) electrons. The predicted molar refractivity (Wildman–Crippen MR) is 106 cm³/mol. The molecule has 1 aromatic carbocycles. The third kappa shape index (κ3) is 10.7. The van der Waals surface area contributed by atoms with Gasteiger partial charge in [0.25, 0.3) is 5.91 Å². The molecule has 1 aromatic rings. The Morgan fingerprint density at radius 1 is 0.931 bits per heavy atom. The van der Waals surface area contributed by atoms with Crippen molar-refractivity contribution in [3.05, 3.63) is 35.4 Å².